The number of aromatic nitrogens is 1. The molecule has 0 unspecified atom stereocenters. The van der Waals surface area contributed by atoms with Gasteiger partial charge in [0.15, 0.2) is 5.75 Å². The normalized spacial score (nSPS) is 10.7. The topological polar surface area (TPSA) is 64.4 Å². The van der Waals surface area contributed by atoms with Crippen molar-refractivity contribution in [3.8, 4) is 5.75 Å². The Kier molecular flexibility index (Phi) is 6.38. The highest BCUT2D eigenvalue weighted by Crippen LogP contribution is 2.36. The smallest absolute Gasteiger partial charge is 0.234 e. The number of aryl methyl sites for hydroxylation is 2. The van der Waals surface area contributed by atoms with Crippen LogP contribution in [0.5, 0.6) is 5.75 Å². The van der Waals surface area contributed by atoms with E-state index in [9.17, 15) is 4.79 Å². The molecule has 0 saturated carbocycles. The van der Waals surface area contributed by atoms with Crippen molar-refractivity contribution >= 4 is 50.9 Å². The van der Waals surface area contributed by atoms with Crippen LogP contribution in [0.1, 0.15) is 17.0 Å². The maximum Gasteiger partial charge on any atom is 0.234 e. The number of carbonyl (C=O) groups excluding carboxylic acids is 1. The van der Waals surface area contributed by atoms with Gasteiger partial charge in [0.2, 0.25) is 5.91 Å². The van der Waals surface area contributed by atoms with E-state index in [-0.39, 0.29) is 5.91 Å². The van der Waals surface area contributed by atoms with Crippen LogP contribution in [0.15, 0.2) is 21.1 Å². The molecule has 0 aliphatic rings. The quantitative estimate of drug-likeness (QED) is 0.742. The van der Waals surface area contributed by atoms with E-state index in [1.807, 2.05) is 13.8 Å². The molecule has 1 amide bonds. The van der Waals surface area contributed by atoms with Crippen LogP contribution in [-0.4, -0.2) is 23.9 Å². The van der Waals surface area contributed by atoms with Gasteiger partial charge in [0, 0.05) is 16.3 Å². The summed E-state index contributed by atoms with van der Waals surface area (Å²) in [6.07, 6.45) is 0. The fraction of sp³-hybridized carbons (Fsp3) is 0.333. The molecule has 2 rings (SSSR count). The van der Waals surface area contributed by atoms with Crippen LogP contribution in [0.25, 0.3) is 0 Å². The Labute approximate surface area is 152 Å². The summed E-state index contributed by atoms with van der Waals surface area (Å²) in [6.45, 7) is 3.76. The molecule has 8 heteroatoms. The van der Waals surface area contributed by atoms with Crippen LogP contribution in [0.2, 0.25) is 5.02 Å². The van der Waals surface area contributed by atoms with Gasteiger partial charge in [0.1, 0.15) is 5.76 Å². The van der Waals surface area contributed by atoms with Gasteiger partial charge in [0.05, 0.1) is 28.7 Å². The summed E-state index contributed by atoms with van der Waals surface area (Å²) in [4.78, 5) is 12.1. The van der Waals surface area contributed by atoms with Gasteiger partial charge >= 0.3 is 0 Å². The predicted molar refractivity (Wildman–Crippen MR) is 96.5 cm³/mol. The van der Waals surface area contributed by atoms with Gasteiger partial charge in [-0.3, -0.25) is 4.79 Å². The first-order valence-corrected chi connectivity index (χ1v) is 9.07. The molecule has 0 spiro atoms. The van der Waals surface area contributed by atoms with E-state index in [4.69, 9.17) is 20.9 Å². The molecule has 1 N–H and O–H groups in total. The fourth-order valence-corrected chi connectivity index (χ4v) is 3.95. The number of halogens is 2. The Bertz CT molecular complexity index is 701. The molecule has 2 aromatic rings. The molecular formula is C15H16BrClN2O3S. The van der Waals surface area contributed by atoms with Crippen molar-refractivity contribution in [2.24, 2.45) is 0 Å². The number of nitrogens with zero attached hydrogens (tertiary/aromatic N) is 1. The summed E-state index contributed by atoms with van der Waals surface area (Å²) in [5.41, 5.74) is 2.43. The van der Waals surface area contributed by atoms with Crippen molar-refractivity contribution in [1.29, 1.82) is 0 Å². The first-order valence-electron chi connectivity index (χ1n) is 6.74. The number of amides is 1. The van der Waals surface area contributed by atoms with E-state index in [1.54, 1.807) is 12.1 Å². The van der Waals surface area contributed by atoms with E-state index in [0.29, 0.717) is 32.4 Å². The lowest BCUT2D eigenvalue weighted by atomic mass is 10.2. The first kappa shape index (κ1) is 18.2. The van der Waals surface area contributed by atoms with Gasteiger partial charge < -0.3 is 14.6 Å². The minimum atomic E-state index is -0.130. The number of carbonyl (C=O) groups is 1. The number of hydrogen-bond donors (Lipinski definition) is 1. The fourth-order valence-electron chi connectivity index (χ4n) is 2.00. The number of anilines is 1. The molecule has 0 bridgehead atoms. The van der Waals surface area contributed by atoms with E-state index in [2.05, 4.69) is 26.4 Å². The minimum absolute atomic E-state index is 0.130. The largest absolute Gasteiger partial charge is 0.493 e. The average Bonchev–Trinajstić information content (AvgIpc) is 2.78. The highest BCUT2D eigenvalue weighted by Gasteiger charge is 2.14. The summed E-state index contributed by atoms with van der Waals surface area (Å²) in [7, 11) is 1.54. The molecule has 0 aliphatic heterocycles. The van der Waals surface area contributed by atoms with Crippen molar-refractivity contribution in [1.82, 2.24) is 5.16 Å². The predicted octanol–water partition coefficient (Wildman–Crippen LogP) is 4.59. The summed E-state index contributed by atoms with van der Waals surface area (Å²) >= 11 is 10.9. The van der Waals surface area contributed by atoms with Crippen LogP contribution in [0.4, 0.5) is 5.69 Å². The zero-order valence-electron chi connectivity index (χ0n) is 12.9. The van der Waals surface area contributed by atoms with Gasteiger partial charge in [-0.2, -0.15) is 0 Å². The third-order valence-corrected chi connectivity index (χ3v) is 4.91. The molecule has 1 aromatic heterocycles. The maximum absolute atomic E-state index is 12.1. The number of rotatable bonds is 6. The molecule has 1 heterocycles. The van der Waals surface area contributed by atoms with Crippen molar-refractivity contribution < 1.29 is 14.1 Å². The standard InChI is InChI=1S/C15H16BrClN2O3S/c1-8-11(9(2)22-19-8)6-23-7-14(20)18-13-5-10(17)4-12(16)15(13)21-3/h4-5H,6-7H2,1-3H3,(H,18,20). The van der Waals surface area contributed by atoms with Gasteiger partial charge in [-0.1, -0.05) is 16.8 Å². The van der Waals surface area contributed by atoms with Crippen molar-refractivity contribution in [2.45, 2.75) is 19.6 Å². The Balaban J connectivity index is 1.95. The maximum atomic E-state index is 12.1. The molecule has 0 radical (unpaired) electrons. The Morgan fingerprint density at radius 2 is 2.22 bits per heavy atom. The number of benzene rings is 1. The van der Waals surface area contributed by atoms with Gasteiger partial charge in [-0.15, -0.1) is 11.8 Å². The highest BCUT2D eigenvalue weighted by molar-refractivity contribution is 9.10. The zero-order valence-corrected chi connectivity index (χ0v) is 16.1. The monoisotopic (exact) mass is 418 g/mol. The molecule has 0 aliphatic carbocycles. The minimum Gasteiger partial charge on any atom is -0.493 e. The Morgan fingerprint density at radius 1 is 1.48 bits per heavy atom. The van der Waals surface area contributed by atoms with Crippen LogP contribution < -0.4 is 10.1 Å². The third-order valence-electron chi connectivity index (χ3n) is 3.15. The number of nitrogens with one attached hydrogen (secondary N) is 1. The van der Waals surface area contributed by atoms with Crippen molar-refractivity contribution in [3.63, 3.8) is 0 Å². The SMILES string of the molecule is COc1c(Br)cc(Cl)cc1NC(=O)CSCc1c(C)noc1C. The van der Waals surface area contributed by atoms with E-state index >= 15 is 0 Å². The van der Waals surface area contributed by atoms with Gasteiger partial charge in [0.25, 0.3) is 0 Å². The van der Waals surface area contributed by atoms with Crippen molar-refractivity contribution in [3.05, 3.63) is 38.6 Å². The van der Waals surface area contributed by atoms with Crippen LogP contribution >= 0.6 is 39.3 Å². The molecule has 5 nitrogen and oxygen atoms in total. The summed E-state index contributed by atoms with van der Waals surface area (Å²) in [6, 6.07) is 3.37. The molecule has 0 atom stereocenters. The van der Waals surface area contributed by atoms with Gasteiger partial charge in [-0.25, -0.2) is 0 Å². The van der Waals surface area contributed by atoms with Crippen LogP contribution in [0, 0.1) is 13.8 Å². The number of ether oxygens (including phenoxy) is 1. The second-order valence-corrected chi connectivity index (χ2v) is 7.09. The summed E-state index contributed by atoms with van der Waals surface area (Å²) < 4.78 is 11.1. The molecule has 124 valence electrons. The highest BCUT2D eigenvalue weighted by atomic mass is 79.9. The number of methoxy groups -OCH3 is 1. The van der Waals surface area contributed by atoms with Crippen LogP contribution in [0.3, 0.4) is 0 Å². The lowest BCUT2D eigenvalue weighted by molar-refractivity contribution is -0.113. The number of hydrogen-bond acceptors (Lipinski definition) is 5. The summed E-state index contributed by atoms with van der Waals surface area (Å²) in [5, 5.41) is 7.22. The van der Waals surface area contributed by atoms with Crippen LogP contribution in [-0.2, 0) is 10.5 Å². The molecule has 1 aromatic carbocycles. The molecule has 23 heavy (non-hydrogen) atoms. The number of thioether (sulfide) groups is 1. The Morgan fingerprint density at radius 3 is 2.83 bits per heavy atom. The third kappa shape index (κ3) is 4.65. The lowest BCUT2D eigenvalue weighted by Gasteiger charge is -2.12. The van der Waals surface area contributed by atoms with Gasteiger partial charge in [-0.05, 0) is 41.9 Å². The molecular weight excluding hydrogens is 404 g/mol. The average molecular weight is 420 g/mol. The second-order valence-electron chi connectivity index (χ2n) is 4.81. The molecule has 0 fully saturated rings. The van der Waals surface area contributed by atoms with Crippen molar-refractivity contribution in [2.75, 3.05) is 18.2 Å². The van der Waals surface area contributed by atoms with E-state index in [0.717, 1.165) is 17.0 Å². The lowest BCUT2D eigenvalue weighted by Crippen LogP contribution is -2.15. The summed E-state index contributed by atoms with van der Waals surface area (Å²) in [5.74, 6) is 2.17. The van der Waals surface area contributed by atoms with E-state index in [1.165, 1.54) is 18.9 Å². The molecule has 0 saturated heterocycles. The Hall–Kier alpha value is -1.18. The van der Waals surface area contributed by atoms with E-state index < -0.39 is 0 Å². The zero-order chi connectivity index (χ0) is 17.0. The first-order chi connectivity index (χ1) is 10.9. The second kappa shape index (κ2) is 8.08.